The minimum Gasteiger partial charge on any atom is -0.381 e. The number of nitrogens with one attached hydrogen (secondary N) is 1. The number of aromatic nitrogens is 2. The van der Waals surface area contributed by atoms with Gasteiger partial charge in [-0.3, -0.25) is 4.79 Å². The highest BCUT2D eigenvalue weighted by Gasteiger charge is 2.28. The Kier molecular flexibility index (Phi) is 4.48. The highest BCUT2D eigenvalue weighted by Crippen LogP contribution is 2.30. The van der Waals surface area contributed by atoms with Gasteiger partial charge in [-0.1, -0.05) is 30.3 Å². The number of para-hydroxylation sites is 1. The summed E-state index contributed by atoms with van der Waals surface area (Å²) < 4.78 is 10.7. The van der Waals surface area contributed by atoms with Crippen LogP contribution in [0.5, 0.6) is 0 Å². The standard InChI is InChI=1S/C16H19N3O3/c1-11-10-21-8-7-13(11)16-18-14(19-22-16)9-15(20)17-12-5-3-2-4-6-12/h2-6,11,13H,7-10H2,1H3,(H,17,20)/t11-,13+/m0/s1. The quantitative estimate of drug-likeness (QED) is 0.938. The van der Waals surface area contributed by atoms with E-state index in [1.807, 2.05) is 30.3 Å². The van der Waals surface area contributed by atoms with Gasteiger partial charge in [0.2, 0.25) is 11.8 Å². The van der Waals surface area contributed by atoms with Crippen LogP contribution in [0, 0.1) is 5.92 Å². The molecule has 2 heterocycles. The molecule has 6 heteroatoms. The van der Waals surface area contributed by atoms with E-state index < -0.39 is 0 Å². The van der Waals surface area contributed by atoms with Crippen LogP contribution < -0.4 is 5.32 Å². The Balaban J connectivity index is 1.60. The van der Waals surface area contributed by atoms with Gasteiger partial charge in [-0.25, -0.2) is 0 Å². The summed E-state index contributed by atoms with van der Waals surface area (Å²) in [5, 5.41) is 6.73. The van der Waals surface area contributed by atoms with E-state index >= 15 is 0 Å². The molecule has 6 nitrogen and oxygen atoms in total. The van der Waals surface area contributed by atoms with Crippen LogP contribution in [0.1, 0.15) is 31.0 Å². The molecule has 0 bridgehead atoms. The van der Waals surface area contributed by atoms with E-state index in [1.54, 1.807) is 0 Å². The molecule has 1 saturated heterocycles. The predicted molar refractivity (Wildman–Crippen MR) is 80.4 cm³/mol. The second-order valence-corrected chi connectivity index (χ2v) is 5.59. The Labute approximate surface area is 128 Å². The number of carbonyl (C=O) groups excluding carboxylic acids is 1. The molecule has 1 aliphatic heterocycles. The third-order valence-corrected chi connectivity index (χ3v) is 3.82. The summed E-state index contributed by atoms with van der Waals surface area (Å²) in [6.07, 6.45) is 0.981. The maximum atomic E-state index is 12.0. The smallest absolute Gasteiger partial charge is 0.232 e. The Morgan fingerprint density at radius 2 is 2.18 bits per heavy atom. The topological polar surface area (TPSA) is 77.2 Å². The van der Waals surface area contributed by atoms with Crippen LogP contribution in [-0.4, -0.2) is 29.3 Å². The SMILES string of the molecule is C[C@H]1COCC[C@H]1c1nc(CC(=O)Nc2ccccc2)no1. The highest BCUT2D eigenvalue weighted by atomic mass is 16.5. The fourth-order valence-electron chi connectivity index (χ4n) is 2.61. The lowest BCUT2D eigenvalue weighted by Gasteiger charge is -2.25. The molecule has 22 heavy (non-hydrogen) atoms. The van der Waals surface area contributed by atoms with Crippen molar-refractivity contribution in [3.63, 3.8) is 0 Å². The summed E-state index contributed by atoms with van der Waals surface area (Å²) in [5.74, 6) is 1.44. The van der Waals surface area contributed by atoms with Gasteiger partial charge < -0.3 is 14.6 Å². The van der Waals surface area contributed by atoms with Gasteiger partial charge in [0.15, 0.2) is 5.82 Å². The third kappa shape index (κ3) is 3.51. The molecule has 1 aliphatic rings. The first kappa shape index (κ1) is 14.7. The summed E-state index contributed by atoms with van der Waals surface area (Å²) in [6.45, 7) is 3.52. The second kappa shape index (κ2) is 6.70. The van der Waals surface area contributed by atoms with Gasteiger partial charge in [-0.05, 0) is 24.5 Å². The van der Waals surface area contributed by atoms with Crippen molar-refractivity contribution in [2.24, 2.45) is 5.92 Å². The van der Waals surface area contributed by atoms with E-state index in [0.717, 1.165) is 12.1 Å². The summed E-state index contributed by atoms with van der Waals surface area (Å²) in [6, 6.07) is 9.31. The van der Waals surface area contributed by atoms with Crippen LogP contribution >= 0.6 is 0 Å². The lowest BCUT2D eigenvalue weighted by molar-refractivity contribution is -0.115. The number of anilines is 1. The Bertz CT molecular complexity index is 627. The maximum Gasteiger partial charge on any atom is 0.232 e. The van der Waals surface area contributed by atoms with Gasteiger partial charge in [-0.2, -0.15) is 4.98 Å². The van der Waals surface area contributed by atoms with Crippen LogP contribution in [0.3, 0.4) is 0 Å². The molecule has 1 N–H and O–H groups in total. The van der Waals surface area contributed by atoms with Gasteiger partial charge in [0.1, 0.15) is 0 Å². The van der Waals surface area contributed by atoms with Crippen molar-refractivity contribution in [1.29, 1.82) is 0 Å². The molecule has 0 saturated carbocycles. The molecule has 0 radical (unpaired) electrons. The van der Waals surface area contributed by atoms with E-state index in [0.29, 0.717) is 30.8 Å². The molecule has 2 atom stereocenters. The summed E-state index contributed by atoms with van der Waals surface area (Å²) in [4.78, 5) is 16.4. The van der Waals surface area contributed by atoms with Gasteiger partial charge in [0, 0.05) is 24.8 Å². The first-order chi connectivity index (χ1) is 10.7. The number of ether oxygens (including phenoxy) is 1. The van der Waals surface area contributed by atoms with Crippen molar-refractivity contribution in [1.82, 2.24) is 10.1 Å². The number of nitrogens with zero attached hydrogens (tertiary/aromatic N) is 2. The molecule has 3 rings (SSSR count). The summed E-state index contributed by atoms with van der Waals surface area (Å²) in [7, 11) is 0. The van der Waals surface area contributed by atoms with Crippen LogP contribution in [0.15, 0.2) is 34.9 Å². The normalized spacial score (nSPS) is 21.5. The van der Waals surface area contributed by atoms with Gasteiger partial charge >= 0.3 is 0 Å². The Morgan fingerprint density at radius 1 is 1.36 bits per heavy atom. The van der Waals surface area contributed by atoms with Crippen molar-refractivity contribution in [2.45, 2.75) is 25.7 Å². The number of benzene rings is 1. The minimum atomic E-state index is -0.154. The number of amides is 1. The first-order valence-electron chi connectivity index (χ1n) is 7.47. The van der Waals surface area contributed by atoms with Crippen molar-refractivity contribution in [2.75, 3.05) is 18.5 Å². The van der Waals surface area contributed by atoms with Crippen molar-refractivity contribution in [3.8, 4) is 0 Å². The minimum absolute atomic E-state index is 0.107. The molecule has 1 aromatic carbocycles. The Hall–Kier alpha value is -2.21. The molecule has 0 spiro atoms. The lowest BCUT2D eigenvalue weighted by Crippen LogP contribution is -2.23. The number of hydrogen-bond acceptors (Lipinski definition) is 5. The number of rotatable bonds is 4. The van der Waals surface area contributed by atoms with Gasteiger partial charge in [0.25, 0.3) is 0 Å². The molecule has 2 aromatic rings. The zero-order chi connectivity index (χ0) is 15.4. The van der Waals surface area contributed by atoms with Crippen molar-refractivity contribution >= 4 is 11.6 Å². The molecular weight excluding hydrogens is 282 g/mol. The lowest BCUT2D eigenvalue weighted by atomic mass is 9.90. The predicted octanol–water partition coefficient (Wildman–Crippen LogP) is 2.39. The first-order valence-corrected chi connectivity index (χ1v) is 7.47. The number of hydrogen-bond donors (Lipinski definition) is 1. The maximum absolute atomic E-state index is 12.0. The number of carbonyl (C=O) groups is 1. The van der Waals surface area contributed by atoms with E-state index in [-0.39, 0.29) is 18.2 Å². The molecule has 1 fully saturated rings. The average molecular weight is 301 g/mol. The molecule has 1 aromatic heterocycles. The molecule has 0 aliphatic carbocycles. The van der Waals surface area contributed by atoms with E-state index in [1.165, 1.54) is 0 Å². The van der Waals surface area contributed by atoms with E-state index in [2.05, 4.69) is 22.4 Å². The second-order valence-electron chi connectivity index (χ2n) is 5.59. The van der Waals surface area contributed by atoms with Crippen LogP contribution in [0.25, 0.3) is 0 Å². The van der Waals surface area contributed by atoms with Crippen LogP contribution in [0.2, 0.25) is 0 Å². The van der Waals surface area contributed by atoms with Crippen LogP contribution in [0.4, 0.5) is 5.69 Å². The largest absolute Gasteiger partial charge is 0.381 e. The Morgan fingerprint density at radius 3 is 2.95 bits per heavy atom. The van der Waals surface area contributed by atoms with E-state index in [4.69, 9.17) is 9.26 Å². The molecule has 116 valence electrons. The fourth-order valence-corrected chi connectivity index (χ4v) is 2.61. The van der Waals surface area contributed by atoms with Crippen LogP contribution in [-0.2, 0) is 16.0 Å². The van der Waals surface area contributed by atoms with Gasteiger partial charge in [0.05, 0.1) is 6.42 Å². The monoisotopic (exact) mass is 301 g/mol. The zero-order valence-electron chi connectivity index (χ0n) is 12.5. The molecule has 0 unspecified atom stereocenters. The third-order valence-electron chi connectivity index (χ3n) is 3.82. The van der Waals surface area contributed by atoms with E-state index in [9.17, 15) is 4.79 Å². The van der Waals surface area contributed by atoms with Crippen molar-refractivity contribution in [3.05, 3.63) is 42.0 Å². The molecule has 1 amide bonds. The summed E-state index contributed by atoms with van der Waals surface area (Å²) >= 11 is 0. The van der Waals surface area contributed by atoms with Crippen molar-refractivity contribution < 1.29 is 14.1 Å². The van der Waals surface area contributed by atoms with Gasteiger partial charge in [-0.15, -0.1) is 0 Å². The highest BCUT2D eigenvalue weighted by molar-refractivity contribution is 5.91. The zero-order valence-corrected chi connectivity index (χ0v) is 12.5. The molecular formula is C16H19N3O3. The summed E-state index contributed by atoms with van der Waals surface area (Å²) in [5.41, 5.74) is 0.759. The fraction of sp³-hybridized carbons (Fsp3) is 0.438. The average Bonchev–Trinajstić information content (AvgIpc) is 2.97.